The van der Waals surface area contributed by atoms with Crippen LogP contribution in [0.3, 0.4) is 0 Å². The van der Waals surface area contributed by atoms with E-state index in [2.05, 4.69) is 15.3 Å². The third-order valence-electron chi connectivity index (χ3n) is 3.67. The van der Waals surface area contributed by atoms with Crippen LogP contribution in [0.1, 0.15) is 24.9 Å². The number of hydrogen-bond acceptors (Lipinski definition) is 3. The van der Waals surface area contributed by atoms with Gasteiger partial charge in [0.2, 0.25) is 5.91 Å². The molecule has 1 aromatic carbocycles. The number of benzene rings is 1. The van der Waals surface area contributed by atoms with Crippen LogP contribution in [0.15, 0.2) is 55.1 Å². The number of imidazole rings is 1. The zero-order valence-corrected chi connectivity index (χ0v) is 12.4. The Bertz CT molecular complexity index is 766. The summed E-state index contributed by atoms with van der Waals surface area (Å²) in [5, 5.41) is 2.99. The van der Waals surface area contributed by atoms with E-state index in [-0.39, 0.29) is 11.9 Å². The number of para-hydroxylation sites is 2. The monoisotopic (exact) mass is 294 g/mol. The Morgan fingerprint density at radius 3 is 2.95 bits per heavy atom. The predicted octanol–water partition coefficient (Wildman–Crippen LogP) is 2.70. The fraction of sp³-hybridized carbons (Fsp3) is 0.235. The van der Waals surface area contributed by atoms with Crippen LogP contribution in [0.4, 0.5) is 0 Å². The van der Waals surface area contributed by atoms with Gasteiger partial charge in [0.1, 0.15) is 0 Å². The van der Waals surface area contributed by atoms with Crippen molar-refractivity contribution in [1.82, 2.24) is 19.9 Å². The molecule has 0 spiro atoms. The van der Waals surface area contributed by atoms with Gasteiger partial charge in [0.05, 0.1) is 23.4 Å². The lowest BCUT2D eigenvalue weighted by atomic mass is 10.1. The molecule has 0 aliphatic rings. The van der Waals surface area contributed by atoms with Crippen molar-refractivity contribution in [2.75, 3.05) is 0 Å². The number of carbonyl (C=O) groups excluding carboxylic acids is 1. The molecule has 1 unspecified atom stereocenters. The SMILES string of the molecule is CC(NC(=O)CCn1cnc2ccccc21)c1cccnc1. The zero-order valence-electron chi connectivity index (χ0n) is 12.4. The van der Waals surface area contributed by atoms with E-state index in [0.29, 0.717) is 13.0 Å². The summed E-state index contributed by atoms with van der Waals surface area (Å²) in [6, 6.07) is 11.7. The minimum absolute atomic E-state index is 0.0223. The van der Waals surface area contributed by atoms with Crippen molar-refractivity contribution in [3.63, 3.8) is 0 Å². The van der Waals surface area contributed by atoms with Gasteiger partial charge in [-0.1, -0.05) is 18.2 Å². The number of hydrogen-bond donors (Lipinski definition) is 1. The van der Waals surface area contributed by atoms with Gasteiger partial charge in [-0.2, -0.15) is 0 Å². The molecule has 1 atom stereocenters. The smallest absolute Gasteiger partial charge is 0.222 e. The summed E-state index contributed by atoms with van der Waals surface area (Å²) in [6.45, 7) is 2.58. The lowest BCUT2D eigenvalue weighted by Crippen LogP contribution is -2.27. The van der Waals surface area contributed by atoms with Crippen molar-refractivity contribution >= 4 is 16.9 Å². The summed E-state index contributed by atoms with van der Waals surface area (Å²) in [4.78, 5) is 20.5. The van der Waals surface area contributed by atoms with Gasteiger partial charge in [-0.25, -0.2) is 4.98 Å². The number of aromatic nitrogens is 3. The molecule has 1 N–H and O–H groups in total. The Balaban J connectivity index is 1.58. The van der Waals surface area contributed by atoms with Crippen molar-refractivity contribution in [2.24, 2.45) is 0 Å². The molecule has 3 rings (SSSR count). The number of nitrogens with zero attached hydrogens (tertiary/aromatic N) is 3. The van der Waals surface area contributed by atoms with Gasteiger partial charge in [0.15, 0.2) is 0 Å². The van der Waals surface area contributed by atoms with Crippen molar-refractivity contribution in [3.8, 4) is 0 Å². The van der Waals surface area contributed by atoms with E-state index in [9.17, 15) is 4.79 Å². The molecule has 0 saturated carbocycles. The van der Waals surface area contributed by atoms with Crippen LogP contribution in [0.5, 0.6) is 0 Å². The number of nitrogens with one attached hydrogen (secondary N) is 1. The molecular weight excluding hydrogens is 276 g/mol. The van der Waals surface area contributed by atoms with E-state index >= 15 is 0 Å². The first-order valence-corrected chi connectivity index (χ1v) is 7.33. The summed E-state index contributed by atoms with van der Waals surface area (Å²) in [6.07, 6.45) is 5.70. The van der Waals surface area contributed by atoms with Gasteiger partial charge in [0, 0.05) is 25.4 Å². The highest BCUT2D eigenvalue weighted by Crippen LogP contribution is 2.13. The fourth-order valence-electron chi connectivity index (χ4n) is 2.44. The molecule has 5 nitrogen and oxygen atoms in total. The van der Waals surface area contributed by atoms with E-state index < -0.39 is 0 Å². The van der Waals surface area contributed by atoms with Crippen LogP contribution in [0, 0.1) is 0 Å². The number of fused-ring (bicyclic) bond motifs is 1. The van der Waals surface area contributed by atoms with Crippen molar-refractivity contribution < 1.29 is 4.79 Å². The van der Waals surface area contributed by atoms with E-state index in [1.807, 2.05) is 47.9 Å². The highest BCUT2D eigenvalue weighted by molar-refractivity contribution is 5.77. The average molecular weight is 294 g/mol. The predicted molar refractivity (Wildman–Crippen MR) is 85.1 cm³/mol. The third-order valence-corrected chi connectivity index (χ3v) is 3.67. The molecule has 0 aliphatic heterocycles. The minimum Gasteiger partial charge on any atom is -0.349 e. The number of carbonyl (C=O) groups is 1. The maximum Gasteiger partial charge on any atom is 0.222 e. The first-order chi connectivity index (χ1) is 10.7. The summed E-state index contributed by atoms with van der Waals surface area (Å²) in [5.74, 6) is 0.0223. The van der Waals surface area contributed by atoms with Crippen molar-refractivity contribution in [1.29, 1.82) is 0 Å². The van der Waals surface area contributed by atoms with E-state index in [4.69, 9.17) is 0 Å². The molecule has 0 radical (unpaired) electrons. The van der Waals surface area contributed by atoms with Crippen LogP contribution in [-0.4, -0.2) is 20.4 Å². The normalized spacial score (nSPS) is 12.2. The van der Waals surface area contributed by atoms with Crippen LogP contribution in [0.25, 0.3) is 11.0 Å². The summed E-state index contributed by atoms with van der Waals surface area (Å²) >= 11 is 0. The Kier molecular flexibility index (Phi) is 4.14. The number of aryl methyl sites for hydroxylation is 1. The van der Waals surface area contributed by atoms with Crippen molar-refractivity contribution in [3.05, 3.63) is 60.7 Å². The third kappa shape index (κ3) is 3.14. The molecular formula is C17H18N4O. The summed E-state index contributed by atoms with van der Waals surface area (Å²) in [7, 11) is 0. The number of pyridine rings is 1. The lowest BCUT2D eigenvalue weighted by molar-refractivity contribution is -0.121. The maximum absolute atomic E-state index is 12.1. The standard InChI is InChI=1S/C17H18N4O/c1-13(14-5-4-9-18-11-14)20-17(22)8-10-21-12-19-15-6-2-3-7-16(15)21/h2-7,9,11-13H,8,10H2,1H3,(H,20,22). The first kappa shape index (κ1) is 14.3. The summed E-state index contributed by atoms with van der Waals surface area (Å²) in [5.41, 5.74) is 3.01. The Morgan fingerprint density at radius 1 is 1.27 bits per heavy atom. The van der Waals surface area contributed by atoms with Crippen LogP contribution in [-0.2, 0) is 11.3 Å². The molecule has 112 valence electrons. The van der Waals surface area contributed by atoms with Crippen LogP contribution >= 0.6 is 0 Å². The molecule has 0 bridgehead atoms. The second-order valence-electron chi connectivity index (χ2n) is 5.25. The summed E-state index contributed by atoms with van der Waals surface area (Å²) < 4.78 is 2.00. The fourth-order valence-corrected chi connectivity index (χ4v) is 2.44. The minimum atomic E-state index is -0.0410. The van der Waals surface area contributed by atoms with Crippen LogP contribution in [0.2, 0.25) is 0 Å². The average Bonchev–Trinajstić information content (AvgIpc) is 2.97. The van der Waals surface area contributed by atoms with Gasteiger partial charge in [-0.15, -0.1) is 0 Å². The second-order valence-corrected chi connectivity index (χ2v) is 5.25. The molecule has 0 fully saturated rings. The maximum atomic E-state index is 12.1. The number of amides is 1. The van der Waals surface area contributed by atoms with E-state index in [1.54, 1.807) is 18.7 Å². The molecule has 5 heteroatoms. The molecule has 22 heavy (non-hydrogen) atoms. The molecule has 0 aliphatic carbocycles. The second kappa shape index (κ2) is 6.39. The number of rotatable bonds is 5. The molecule has 3 aromatic rings. The van der Waals surface area contributed by atoms with Gasteiger partial charge in [-0.05, 0) is 30.7 Å². The largest absolute Gasteiger partial charge is 0.349 e. The van der Waals surface area contributed by atoms with Gasteiger partial charge in [0.25, 0.3) is 0 Å². The molecule has 1 amide bonds. The highest BCUT2D eigenvalue weighted by atomic mass is 16.1. The Hall–Kier alpha value is -2.69. The van der Waals surface area contributed by atoms with Gasteiger partial charge < -0.3 is 9.88 Å². The zero-order chi connectivity index (χ0) is 15.4. The molecule has 2 aromatic heterocycles. The lowest BCUT2D eigenvalue weighted by Gasteiger charge is -2.14. The van der Waals surface area contributed by atoms with E-state index in [0.717, 1.165) is 16.6 Å². The van der Waals surface area contributed by atoms with E-state index in [1.165, 1.54) is 0 Å². The first-order valence-electron chi connectivity index (χ1n) is 7.33. The van der Waals surface area contributed by atoms with Gasteiger partial charge >= 0.3 is 0 Å². The highest BCUT2D eigenvalue weighted by Gasteiger charge is 2.10. The topological polar surface area (TPSA) is 59.8 Å². The molecule has 0 saturated heterocycles. The molecule has 2 heterocycles. The Labute approximate surface area is 129 Å². The van der Waals surface area contributed by atoms with Crippen LogP contribution < -0.4 is 5.32 Å². The van der Waals surface area contributed by atoms with Crippen molar-refractivity contribution in [2.45, 2.75) is 25.9 Å². The Morgan fingerprint density at radius 2 is 2.14 bits per heavy atom. The van der Waals surface area contributed by atoms with Gasteiger partial charge in [-0.3, -0.25) is 9.78 Å². The quantitative estimate of drug-likeness (QED) is 0.787.